The first kappa shape index (κ1) is 16.8. The minimum Gasteiger partial charge on any atom is -0.390 e. The number of amides is 1. The smallest absolute Gasteiger partial charge is 0.271 e. The topological polar surface area (TPSA) is 69.9 Å². The van der Waals surface area contributed by atoms with Crippen molar-refractivity contribution in [1.29, 1.82) is 0 Å². The maximum Gasteiger partial charge on any atom is 0.271 e. The molecule has 0 bridgehead atoms. The predicted molar refractivity (Wildman–Crippen MR) is 99.0 cm³/mol. The second-order valence-corrected chi connectivity index (χ2v) is 6.71. The lowest BCUT2D eigenvalue weighted by Crippen LogP contribution is -2.42. The first-order valence-corrected chi connectivity index (χ1v) is 8.88. The molecular formula is C20H22N4O2. The molecular weight excluding hydrogens is 328 g/mol. The Morgan fingerprint density at radius 3 is 2.85 bits per heavy atom. The molecule has 1 amide bonds. The first-order chi connectivity index (χ1) is 12.7. The number of carbonyl (C=O) groups excluding carboxylic acids is 1. The number of aliphatic hydroxyl groups is 1. The maximum atomic E-state index is 12.3. The number of nitrogens with one attached hydrogen (secondary N) is 1. The zero-order chi connectivity index (χ0) is 17.9. The number of fused-ring (bicyclic) bond motifs is 2. The molecule has 3 aromatic rings. The molecule has 1 aliphatic rings. The quantitative estimate of drug-likeness (QED) is 0.731. The second kappa shape index (κ2) is 7.27. The Labute approximate surface area is 152 Å². The van der Waals surface area contributed by atoms with Crippen molar-refractivity contribution in [3.8, 4) is 0 Å². The molecule has 4 rings (SSSR count). The van der Waals surface area contributed by atoms with E-state index in [0.717, 1.165) is 25.2 Å². The van der Waals surface area contributed by atoms with Gasteiger partial charge in [-0.1, -0.05) is 30.3 Å². The Morgan fingerprint density at radius 2 is 2.00 bits per heavy atom. The highest BCUT2D eigenvalue weighted by Crippen LogP contribution is 2.18. The molecule has 0 unspecified atom stereocenters. The van der Waals surface area contributed by atoms with Crippen LogP contribution in [0.1, 0.15) is 21.6 Å². The number of hydrogen-bond acceptors (Lipinski definition) is 4. The molecule has 0 saturated heterocycles. The van der Waals surface area contributed by atoms with Gasteiger partial charge in [-0.05, 0) is 29.7 Å². The Morgan fingerprint density at radius 1 is 1.19 bits per heavy atom. The highest BCUT2D eigenvalue weighted by molar-refractivity contribution is 5.92. The fourth-order valence-electron chi connectivity index (χ4n) is 3.42. The summed E-state index contributed by atoms with van der Waals surface area (Å²) in [5, 5.41) is 13.1. The Hall–Kier alpha value is -2.70. The van der Waals surface area contributed by atoms with Crippen molar-refractivity contribution in [2.45, 2.75) is 19.1 Å². The van der Waals surface area contributed by atoms with Gasteiger partial charge in [0.2, 0.25) is 0 Å². The molecule has 6 heteroatoms. The van der Waals surface area contributed by atoms with Gasteiger partial charge in [0.25, 0.3) is 5.91 Å². The van der Waals surface area contributed by atoms with E-state index in [-0.39, 0.29) is 12.5 Å². The number of carbonyl (C=O) groups is 1. The summed E-state index contributed by atoms with van der Waals surface area (Å²) in [6, 6.07) is 14.0. The van der Waals surface area contributed by atoms with Crippen LogP contribution in [0.2, 0.25) is 0 Å². The van der Waals surface area contributed by atoms with E-state index in [9.17, 15) is 9.90 Å². The van der Waals surface area contributed by atoms with Crippen molar-refractivity contribution in [2.75, 3.05) is 19.6 Å². The lowest BCUT2D eigenvalue weighted by atomic mass is 10.00. The van der Waals surface area contributed by atoms with Gasteiger partial charge in [0.1, 0.15) is 11.3 Å². The van der Waals surface area contributed by atoms with Crippen molar-refractivity contribution in [3.05, 3.63) is 71.7 Å². The van der Waals surface area contributed by atoms with Crippen LogP contribution >= 0.6 is 0 Å². The number of hydrogen-bond donors (Lipinski definition) is 2. The molecule has 2 aromatic heterocycles. The summed E-state index contributed by atoms with van der Waals surface area (Å²) in [5.41, 5.74) is 3.79. The summed E-state index contributed by atoms with van der Waals surface area (Å²) < 4.78 is 1.80. The average molecular weight is 350 g/mol. The van der Waals surface area contributed by atoms with Crippen molar-refractivity contribution < 1.29 is 9.90 Å². The fraction of sp³-hybridized carbons (Fsp3) is 0.300. The SMILES string of the molecule is O=C(NC[C@@H](O)CN1CCc2ccccc2C1)c1cn2ccccc2n1. The van der Waals surface area contributed by atoms with E-state index in [4.69, 9.17) is 0 Å². The molecule has 6 nitrogen and oxygen atoms in total. The third-order valence-corrected chi connectivity index (χ3v) is 4.77. The molecule has 0 aliphatic carbocycles. The Kier molecular flexibility index (Phi) is 4.69. The second-order valence-electron chi connectivity index (χ2n) is 6.71. The predicted octanol–water partition coefficient (Wildman–Crippen LogP) is 1.48. The summed E-state index contributed by atoms with van der Waals surface area (Å²) in [7, 11) is 0. The van der Waals surface area contributed by atoms with Gasteiger partial charge in [0.05, 0.1) is 6.10 Å². The summed E-state index contributed by atoms with van der Waals surface area (Å²) in [5.74, 6) is -0.267. The molecule has 1 aromatic carbocycles. The van der Waals surface area contributed by atoms with Gasteiger partial charge in [-0.3, -0.25) is 9.69 Å². The molecule has 1 aliphatic heterocycles. The zero-order valence-corrected chi connectivity index (χ0v) is 14.5. The van der Waals surface area contributed by atoms with E-state index in [1.165, 1.54) is 11.1 Å². The zero-order valence-electron chi connectivity index (χ0n) is 14.5. The number of benzene rings is 1. The van der Waals surface area contributed by atoms with Crippen LogP contribution in [0.4, 0.5) is 0 Å². The van der Waals surface area contributed by atoms with Gasteiger partial charge in [0.15, 0.2) is 0 Å². The fourth-order valence-corrected chi connectivity index (χ4v) is 3.42. The lowest BCUT2D eigenvalue weighted by molar-refractivity contribution is 0.0838. The van der Waals surface area contributed by atoms with E-state index >= 15 is 0 Å². The maximum absolute atomic E-state index is 12.3. The minimum absolute atomic E-state index is 0.213. The van der Waals surface area contributed by atoms with E-state index < -0.39 is 6.10 Å². The number of β-amino-alcohol motifs (C(OH)–C–C–N with tert-alkyl or cyclic N) is 1. The number of imidazole rings is 1. The molecule has 3 heterocycles. The van der Waals surface area contributed by atoms with Gasteiger partial charge in [-0.2, -0.15) is 0 Å². The third-order valence-electron chi connectivity index (χ3n) is 4.77. The third kappa shape index (κ3) is 3.61. The standard InChI is InChI=1S/C20H22N4O2/c25-17(13-23-10-8-15-5-1-2-6-16(15)12-23)11-21-20(26)18-14-24-9-4-3-7-19(24)22-18/h1-7,9,14,17,25H,8,10-13H2,(H,21,26)/t17-/m1/s1. The average Bonchev–Trinajstić information content (AvgIpc) is 3.10. The van der Waals surface area contributed by atoms with Gasteiger partial charge >= 0.3 is 0 Å². The van der Waals surface area contributed by atoms with E-state index in [0.29, 0.717) is 12.2 Å². The molecule has 134 valence electrons. The highest BCUT2D eigenvalue weighted by atomic mass is 16.3. The van der Waals surface area contributed by atoms with Gasteiger partial charge < -0.3 is 14.8 Å². The number of aliphatic hydroxyl groups excluding tert-OH is 1. The van der Waals surface area contributed by atoms with Crippen LogP contribution in [0.5, 0.6) is 0 Å². The number of pyridine rings is 1. The van der Waals surface area contributed by atoms with Crippen LogP contribution in [0.3, 0.4) is 0 Å². The van der Waals surface area contributed by atoms with Gasteiger partial charge in [-0.15, -0.1) is 0 Å². The van der Waals surface area contributed by atoms with Gasteiger partial charge in [0, 0.05) is 38.6 Å². The van der Waals surface area contributed by atoms with E-state index in [2.05, 4.69) is 33.4 Å². The molecule has 0 saturated carbocycles. The molecule has 2 N–H and O–H groups in total. The first-order valence-electron chi connectivity index (χ1n) is 8.88. The number of nitrogens with zero attached hydrogens (tertiary/aromatic N) is 3. The van der Waals surface area contributed by atoms with E-state index in [1.807, 2.05) is 30.5 Å². The summed E-state index contributed by atoms with van der Waals surface area (Å²) in [4.78, 5) is 18.8. The summed E-state index contributed by atoms with van der Waals surface area (Å²) in [6.07, 6.45) is 3.93. The van der Waals surface area contributed by atoms with Crippen LogP contribution < -0.4 is 5.32 Å². The number of aromatic nitrogens is 2. The highest BCUT2D eigenvalue weighted by Gasteiger charge is 2.19. The van der Waals surface area contributed by atoms with Crippen molar-refractivity contribution in [3.63, 3.8) is 0 Å². The van der Waals surface area contributed by atoms with Crippen LogP contribution in [-0.4, -0.2) is 51.0 Å². The number of rotatable bonds is 5. The summed E-state index contributed by atoms with van der Waals surface area (Å²) in [6.45, 7) is 2.52. The Balaban J connectivity index is 1.30. The summed E-state index contributed by atoms with van der Waals surface area (Å²) >= 11 is 0. The van der Waals surface area contributed by atoms with Crippen LogP contribution in [-0.2, 0) is 13.0 Å². The lowest BCUT2D eigenvalue weighted by Gasteiger charge is -2.30. The minimum atomic E-state index is -0.610. The molecule has 1 atom stereocenters. The largest absolute Gasteiger partial charge is 0.390 e. The van der Waals surface area contributed by atoms with Crippen LogP contribution in [0.25, 0.3) is 5.65 Å². The molecule has 0 fully saturated rings. The van der Waals surface area contributed by atoms with Crippen molar-refractivity contribution in [1.82, 2.24) is 19.6 Å². The van der Waals surface area contributed by atoms with Crippen LogP contribution in [0.15, 0.2) is 54.9 Å². The molecule has 0 radical (unpaired) electrons. The molecule has 0 spiro atoms. The van der Waals surface area contributed by atoms with Gasteiger partial charge in [-0.25, -0.2) is 4.98 Å². The molecule has 26 heavy (non-hydrogen) atoms. The van der Waals surface area contributed by atoms with Crippen molar-refractivity contribution >= 4 is 11.6 Å². The van der Waals surface area contributed by atoms with E-state index in [1.54, 1.807) is 10.6 Å². The Bertz CT molecular complexity index is 888. The monoisotopic (exact) mass is 350 g/mol. The van der Waals surface area contributed by atoms with Crippen LogP contribution in [0, 0.1) is 0 Å². The van der Waals surface area contributed by atoms with Crippen molar-refractivity contribution in [2.24, 2.45) is 0 Å². The normalized spacial score (nSPS) is 15.6.